The maximum Gasteiger partial charge on any atom is 0.0641 e. The van der Waals surface area contributed by atoms with E-state index in [-0.39, 0.29) is 0 Å². The summed E-state index contributed by atoms with van der Waals surface area (Å²) in [5.74, 6) is 0. The Labute approximate surface area is 85.3 Å². The maximum atomic E-state index is 4.98. The van der Waals surface area contributed by atoms with Crippen LogP contribution in [0.3, 0.4) is 0 Å². The smallest absolute Gasteiger partial charge is 0.0641 e. The fourth-order valence-electron chi connectivity index (χ4n) is 1.53. The monoisotopic (exact) mass is 197 g/mol. The van der Waals surface area contributed by atoms with E-state index < -0.39 is 0 Å². The van der Waals surface area contributed by atoms with Gasteiger partial charge in [0.15, 0.2) is 0 Å². The molecule has 0 aromatic carbocycles. The van der Waals surface area contributed by atoms with Crippen LogP contribution in [0.2, 0.25) is 0 Å². The molecule has 0 aliphatic carbocycles. The van der Waals surface area contributed by atoms with Crippen molar-refractivity contribution in [3.63, 3.8) is 0 Å². The molecule has 0 fully saturated rings. The average Bonchev–Trinajstić information content (AvgIpc) is 2.45. The molecule has 0 saturated heterocycles. The van der Waals surface area contributed by atoms with Crippen LogP contribution >= 0.6 is 0 Å². The number of hydrogen-bond donors (Lipinski definition) is 1. The molecular weight excluding hydrogens is 178 g/mol. The van der Waals surface area contributed by atoms with Gasteiger partial charge < -0.3 is 10.1 Å². The molecule has 0 aliphatic heterocycles. The highest BCUT2D eigenvalue weighted by molar-refractivity contribution is 5.19. The minimum Gasteiger partial charge on any atom is -0.383 e. The highest BCUT2D eigenvalue weighted by Gasteiger charge is 2.10. The summed E-state index contributed by atoms with van der Waals surface area (Å²) in [4.78, 5) is 0. The standard InChI is InChI=1S/C10H19N3O/c1-8(11-5-6-14-4)10-7-13(3)12-9(10)2/h7-8,11H,5-6H2,1-4H3. The van der Waals surface area contributed by atoms with Gasteiger partial charge in [-0.2, -0.15) is 5.10 Å². The molecule has 0 amide bonds. The normalized spacial score (nSPS) is 13.1. The first-order valence-electron chi connectivity index (χ1n) is 4.87. The van der Waals surface area contributed by atoms with Gasteiger partial charge in [0.25, 0.3) is 0 Å². The van der Waals surface area contributed by atoms with E-state index in [0.717, 1.165) is 18.8 Å². The molecule has 0 aliphatic rings. The summed E-state index contributed by atoms with van der Waals surface area (Å²) in [7, 11) is 3.65. The van der Waals surface area contributed by atoms with Gasteiger partial charge in [0.2, 0.25) is 0 Å². The Morgan fingerprint density at radius 3 is 2.86 bits per heavy atom. The summed E-state index contributed by atoms with van der Waals surface area (Å²) in [6.45, 7) is 5.78. The van der Waals surface area contributed by atoms with Crippen LogP contribution in [0.1, 0.15) is 24.2 Å². The third kappa shape index (κ3) is 2.82. The van der Waals surface area contributed by atoms with Crippen LogP contribution in [0.5, 0.6) is 0 Å². The largest absolute Gasteiger partial charge is 0.383 e. The van der Waals surface area contributed by atoms with Crippen LogP contribution in [0.25, 0.3) is 0 Å². The van der Waals surface area contributed by atoms with Crippen molar-refractivity contribution in [1.82, 2.24) is 15.1 Å². The van der Waals surface area contributed by atoms with Crippen LogP contribution in [0.15, 0.2) is 6.20 Å². The summed E-state index contributed by atoms with van der Waals surface area (Å²) in [5, 5.41) is 7.68. The van der Waals surface area contributed by atoms with Gasteiger partial charge in [-0.1, -0.05) is 0 Å². The second-order valence-electron chi connectivity index (χ2n) is 3.51. The van der Waals surface area contributed by atoms with Crippen molar-refractivity contribution < 1.29 is 4.74 Å². The van der Waals surface area contributed by atoms with Crippen molar-refractivity contribution in [2.45, 2.75) is 19.9 Å². The number of aromatic nitrogens is 2. The lowest BCUT2D eigenvalue weighted by Gasteiger charge is -2.12. The minimum absolute atomic E-state index is 0.332. The highest BCUT2D eigenvalue weighted by atomic mass is 16.5. The fraction of sp³-hybridized carbons (Fsp3) is 0.700. The molecule has 1 heterocycles. The minimum atomic E-state index is 0.332. The predicted octanol–water partition coefficient (Wildman–Crippen LogP) is 1.03. The van der Waals surface area contributed by atoms with E-state index in [1.165, 1.54) is 5.56 Å². The molecule has 1 rings (SSSR count). The van der Waals surface area contributed by atoms with Gasteiger partial charge in [0.05, 0.1) is 12.3 Å². The van der Waals surface area contributed by atoms with Crippen LogP contribution in [-0.4, -0.2) is 30.0 Å². The van der Waals surface area contributed by atoms with E-state index in [9.17, 15) is 0 Å². The Bertz CT molecular complexity index is 283. The summed E-state index contributed by atoms with van der Waals surface area (Å²) in [6, 6.07) is 0.332. The molecule has 0 saturated carbocycles. The fourth-order valence-corrected chi connectivity index (χ4v) is 1.53. The molecule has 1 atom stereocenters. The topological polar surface area (TPSA) is 39.1 Å². The highest BCUT2D eigenvalue weighted by Crippen LogP contribution is 2.14. The van der Waals surface area contributed by atoms with Crippen LogP contribution < -0.4 is 5.32 Å². The van der Waals surface area contributed by atoms with Crippen LogP contribution in [0, 0.1) is 6.92 Å². The SMILES string of the molecule is COCCNC(C)c1cn(C)nc1C. The van der Waals surface area contributed by atoms with E-state index in [2.05, 4.69) is 23.5 Å². The zero-order valence-corrected chi connectivity index (χ0v) is 9.37. The Morgan fingerprint density at radius 2 is 2.36 bits per heavy atom. The van der Waals surface area contributed by atoms with E-state index in [1.807, 2.05) is 18.7 Å². The third-order valence-corrected chi connectivity index (χ3v) is 2.27. The van der Waals surface area contributed by atoms with Gasteiger partial charge in [-0.05, 0) is 13.8 Å². The number of methoxy groups -OCH3 is 1. The summed E-state index contributed by atoms with van der Waals surface area (Å²) >= 11 is 0. The lowest BCUT2D eigenvalue weighted by Crippen LogP contribution is -2.23. The first-order valence-corrected chi connectivity index (χ1v) is 4.87. The summed E-state index contributed by atoms with van der Waals surface area (Å²) in [5.41, 5.74) is 2.34. The number of aryl methyl sites for hydroxylation is 2. The molecule has 0 spiro atoms. The molecular formula is C10H19N3O. The number of nitrogens with zero attached hydrogens (tertiary/aromatic N) is 2. The van der Waals surface area contributed by atoms with Crippen molar-refractivity contribution in [3.05, 3.63) is 17.5 Å². The molecule has 1 aromatic heterocycles. The molecule has 0 bridgehead atoms. The summed E-state index contributed by atoms with van der Waals surface area (Å²) in [6.07, 6.45) is 2.06. The van der Waals surface area contributed by atoms with Crippen molar-refractivity contribution >= 4 is 0 Å². The molecule has 14 heavy (non-hydrogen) atoms. The first-order chi connectivity index (χ1) is 6.65. The average molecular weight is 197 g/mol. The maximum absolute atomic E-state index is 4.98. The second-order valence-corrected chi connectivity index (χ2v) is 3.51. The van der Waals surface area contributed by atoms with Gasteiger partial charge in [-0.25, -0.2) is 0 Å². The molecule has 1 N–H and O–H groups in total. The van der Waals surface area contributed by atoms with Gasteiger partial charge >= 0.3 is 0 Å². The van der Waals surface area contributed by atoms with Crippen molar-refractivity contribution in [2.24, 2.45) is 7.05 Å². The van der Waals surface area contributed by atoms with Crippen molar-refractivity contribution in [3.8, 4) is 0 Å². The quantitative estimate of drug-likeness (QED) is 0.716. The Kier molecular flexibility index (Phi) is 4.10. The predicted molar refractivity (Wildman–Crippen MR) is 56.2 cm³/mol. The second kappa shape index (κ2) is 5.12. The van der Waals surface area contributed by atoms with Crippen molar-refractivity contribution in [1.29, 1.82) is 0 Å². The van der Waals surface area contributed by atoms with E-state index >= 15 is 0 Å². The van der Waals surface area contributed by atoms with E-state index in [4.69, 9.17) is 4.74 Å². The number of nitrogens with one attached hydrogen (secondary N) is 1. The van der Waals surface area contributed by atoms with Gasteiger partial charge in [0, 0.05) is 38.5 Å². The molecule has 0 radical (unpaired) electrons. The first kappa shape index (κ1) is 11.2. The van der Waals surface area contributed by atoms with Gasteiger partial charge in [-0.15, -0.1) is 0 Å². The Balaban J connectivity index is 2.51. The van der Waals surface area contributed by atoms with Gasteiger partial charge in [0.1, 0.15) is 0 Å². The summed E-state index contributed by atoms with van der Waals surface area (Å²) < 4.78 is 6.83. The van der Waals surface area contributed by atoms with Crippen LogP contribution in [0.4, 0.5) is 0 Å². The van der Waals surface area contributed by atoms with E-state index in [0.29, 0.717) is 6.04 Å². The van der Waals surface area contributed by atoms with E-state index in [1.54, 1.807) is 7.11 Å². The number of hydrogen-bond acceptors (Lipinski definition) is 3. The zero-order chi connectivity index (χ0) is 10.6. The Morgan fingerprint density at radius 1 is 1.64 bits per heavy atom. The number of rotatable bonds is 5. The molecule has 80 valence electrons. The lowest BCUT2D eigenvalue weighted by molar-refractivity contribution is 0.196. The molecule has 4 heteroatoms. The van der Waals surface area contributed by atoms with Gasteiger partial charge in [-0.3, -0.25) is 4.68 Å². The Hall–Kier alpha value is -0.870. The van der Waals surface area contributed by atoms with Crippen molar-refractivity contribution in [2.75, 3.05) is 20.3 Å². The van der Waals surface area contributed by atoms with Crippen LogP contribution in [-0.2, 0) is 11.8 Å². The molecule has 1 aromatic rings. The molecule has 1 unspecified atom stereocenters. The zero-order valence-electron chi connectivity index (χ0n) is 9.37. The lowest BCUT2D eigenvalue weighted by atomic mass is 10.1. The molecule has 4 nitrogen and oxygen atoms in total. The third-order valence-electron chi connectivity index (χ3n) is 2.27. The number of ether oxygens (including phenoxy) is 1.